The third kappa shape index (κ3) is 4.06. The molecule has 3 N–H and O–H groups in total. The van der Waals surface area contributed by atoms with Crippen LogP contribution in [-0.4, -0.2) is 44.1 Å². The predicted octanol–water partition coefficient (Wildman–Crippen LogP) is 3.84. The molecule has 3 atom stereocenters. The molecule has 33 heavy (non-hydrogen) atoms. The van der Waals surface area contributed by atoms with Gasteiger partial charge in [0.1, 0.15) is 17.0 Å². The first-order valence-electron chi connectivity index (χ1n) is 11.1. The fourth-order valence-corrected chi connectivity index (χ4v) is 5.62. The number of methoxy groups -OCH3 is 2. The topological polar surface area (TPSA) is 88.7 Å². The van der Waals surface area contributed by atoms with E-state index >= 15 is 0 Å². The molecule has 7 nitrogen and oxygen atoms in total. The molecule has 176 valence electrons. The molecular formula is C25H31N3O4S. The largest absolute Gasteiger partial charge is 0.497 e. The molecule has 2 heterocycles. The number of amides is 2. The van der Waals surface area contributed by atoms with Crippen LogP contribution in [0.4, 0.5) is 11.4 Å². The number of thioether (sulfide) groups is 1. The Morgan fingerprint density at radius 1 is 1.21 bits per heavy atom. The number of ether oxygens (including phenoxy) is 2. The first-order chi connectivity index (χ1) is 15.8. The number of carbonyl (C=O) groups excluding carboxylic acids is 2. The Morgan fingerprint density at radius 2 is 2.00 bits per heavy atom. The first kappa shape index (κ1) is 23.4. The average molecular weight is 470 g/mol. The maximum absolute atomic E-state index is 13.8. The highest BCUT2D eigenvalue weighted by molar-refractivity contribution is 7.98. The molecule has 0 aliphatic carbocycles. The molecule has 2 aliphatic rings. The van der Waals surface area contributed by atoms with Gasteiger partial charge in [0.05, 0.1) is 25.8 Å². The number of rotatable bonds is 7. The molecule has 0 unspecified atom stereocenters. The van der Waals surface area contributed by atoms with Crippen molar-refractivity contribution in [2.45, 2.75) is 38.3 Å². The van der Waals surface area contributed by atoms with E-state index in [1.807, 2.05) is 19.9 Å². The number of hydrogen-bond donors (Lipinski definition) is 3. The number of hydrogen-bond acceptors (Lipinski definition) is 6. The van der Waals surface area contributed by atoms with Crippen molar-refractivity contribution < 1.29 is 19.1 Å². The monoisotopic (exact) mass is 469 g/mol. The van der Waals surface area contributed by atoms with Crippen LogP contribution in [0.25, 0.3) is 0 Å². The Kier molecular flexibility index (Phi) is 6.59. The van der Waals surface area contributed by atoms with Gasteiger partial charge in [-0.05, 0) is 56.4 Å². The zero-order valence-corrected chi connectivity index (χ0v) is 20.5. The van der Waals surface area contributed by atoms with E-state index in [2.05, 4.69) is 28.3 Å². The van der Waals surface area contributed by atoms with Gasteiger partial charge in [-0.3, -0.25) is 14.9 Å². The highest BCUT2D eigenvalue weighted by Crippen LogP contribution is 2.49. The minimum absolute atomic E-state index is 0.0536. The van der Waals surface area contributed by atoms with Crippen LogP contribution < -0.4 is 25.4 Å². The summed E-state index contributed by atoms with van der Waals surface area (Å²) >= 11 is 1.76. The number of carbonyl (C=O) groups is 2. The lowest BCUT2D eigenvalue weighted by Gasteiger charge is -2.30. The van der Waals surface area contributed by atoms with Crippen LogP contribution in [0.5, 0.6) is 11.5 Å². The zero-order chi connectivity index (χ0) is 23.8. The normalized spacial score (nSPS) is 23.4. The summed E-state index contributed by atoms with van der Waals surface area (Å²) in [6, 6.07) is 9.39. The van der Waals surface area contributed by atoms with Crippen LogP contribution in [0.3, 0.4) is 0 Å². The molecular weight excluding hydrogens is 438 g/mol. The van der Waals surface area contributed by atoms with Crippen molar-refractivity contribution in [3.05, 3.63) is 47.0 Å². The SMILES string of the molecule is COc1ccc(OC)c(NC(=O)[C@H]2C[C@H](CCSC)N[C@]23C(=O)Nc2c(C)cc(C)cc23)c1. The van der Waals surface area contributed by atoms with Gasteiger partial charge in [0.15, 0.2) is 0 Å². The zero-order valence-electron chi connectivity index (χ0n) is 19.7. The molecule has 2 aromatic rings. The number of fused-ring (bicyclic) bond motifs is 2. The fourth-order valence-electron chi connectivity index (χ4n) is 5.10. The van der Waals surface area contributed by atoms with Gasteiger partial charge in [0.2, 0.25) is 11.8 Å². The maximum Gasteiger partial charge on any atom is 0.250 e. The summed E-state index contributed by atoms with van der Waals surface area (Å²) in [7, 11) is 3.13. The van der Waals surface area contributed by atoms with Gasteiger partial charge in [-0.1, -0.05) is 17.7 Å². The lowest BCUT2D eigenvalue weighted by Crippen LogP contribution is -2.52. The molecule has 2 aliphatic heterocycles. The standard InChI is InChI=1S/C25H31N3O4S/c1-14-10-15(2)22-18(11-14)25(24(30)27-22)19(12-16(28-25)8-9-33-5)23(29)26-20-13-17(31-3)6-7-21(20)32-4/h6-7,10-11,13,16,19,28H,8-9,12H2,1-5H3,(H,26,29)(H,27,30)/t16-,19+,25-/m0/s1. The summed E-state index contributed by atoms with van der Waals surface area (Å²) in [5.41, 5.74) is 3.13. The number of anilines is 2. The molecule has 0 saturated carbocycles. The predicted molar refractivity (Wildman–Crippen MR) is 132 cm³/mol. The smallest absolute Gasteiger partial charge is 0.250 e. The molecule has 0 radical (unpaired) electrons. The molecule has 2 amide bonds. The van der Waals surface area contributed by atoms with Crippen molar-refractivity contribution in [2.24, 2.45) is 5.92 Å². The van der Waals surface area contributed by atoms with Crippen LogP contribution in [0.2, 0.25) is 0 Å². The second kappa shape index (κ2) is 9.27. The van der Waals surface area contributed by atoms with Gasteiger partial charge in [0.25, 0.3) is 0 Å². The van der Waals surface area contributed by atoms with Crippen LogP contribution >= 0.6 is 11.8 Å². The van der Waals surface area contributed by atoms with Gasteiger partial charge in [0, 0.05) is 23.4 Å². The lowest BCUT2D eigenvalue weighted by atomic mass is 9.78. The van der Waals surface area contributed by atoms with Crippen molar-refractivity contribution in [3.8, 4) is 11.5 Å². The third-order valence-corrected chi connectivity index (χ3v) is 7.27. The van der Waals surface area contributed by atoms with Gasteiger partial charge in [-0.15, -0.1) is 0 Å². The second-order valence-corrected chi connectivity index (χ2v) is 9.72. The average Bonchev–Trinajstić information content (AvgIpc) is 3.32. The number of benzene rings is 2. The Balaban J connectivity index is 1.75. The summed E-state index contributed by atoms with van der Waals surface area (Å²) in [5.74, 6) is 1.12. The Bertz CT molecular complexity index is 1090. The summed E-state index contributed by atoms with van der Waals surface area (Å²) in [4.78, 5) is 27.3. The molecule has 0 aromatic heterocycles. The Labute approximate surface area is 199 Å². The Hall–Kier alpha value is -2.71. The summed E-state index contributed by atoms with van der Waals surface area (Å²) < 4.78 is 10.8. The second-order valence-electron chi connectivity index (χ2n) is 8.73. The van der Waals surface area contributed by atoms with E-state index in [-0.39, 0.29) is 17.9 Å². The van der Waals surface area contributed by atoms with Crippen LogP contribution in [0.1, 0.15) is 29.5 Å². The Morgan fingerprint density at radius 3 is 2.70 bits per heavy atom. The number of nitrogens with one attached hydrogen (secondary N) is 3. The molecule has 1 saturated heterocycles. The van der Waals surface area contributed by atoms with E-state index in [1.54, 1.807) is 44.2 Å². The van der Waals surface area contributed by atoms with E-state index in [1.165, 1.54) is 0 Å². The number of aryl methyl sites for hydroxylation is 2. The first-order valence-corrected chi connectivity index (χ1v) is 12.5. The van der Waals surface area contributed by atoms with Gasteiger partial charge in [-0.25, -0.2) is 0 Å². The maximum atomic E-state index is 13.8. The molecule has 4 rings (SSSR count). The van der Waals surface area contributed by atoms with Crippen molar-refractivity contribution in [1.29, 1.82) is 0 Å². The summed E-state index contributed by atoms with van der Waals surface area (Å²) in [6.45, 7) is 4.00. The van der Waals surface area contributed by atoms with E-state index in [9.17, 15) is 9.59 Å². The summed E-state index contributed by atoms with van der Waals surface area (Å²) in [6.07, 6.45) is 3.51. The van der Waals surface area contributed by atoms with Gasteiger partial charge in [-0.2, -0.15) is 11.8 Å². The highest BCUT2D eigenvalue weighted by Gasteiger charge is 2.60. The minimum Gasteiger partial charge on any atom is -0.497 e. The van der Waals surface area contributed by atoms with E-state index in [0.29, 0.717) is 23.6 Å². The third-order valence-electron chi connectivity index (χ3n) is 6.63. The van der Waals surface area contributed by atoms with Crippen LogP contribution in [0.15, 0.2) is 30.3 Å². The molecule has 2 aromatic carbocycles. The lowest BCUT2D eigenvalue weighted by molar-refractivity contribution is -0.130. The summed E-state index contributed by atoms with van der Waals surface area (Å²) in [5, 5.41) is 9.67. The van der Waals surface area contributed by atoms with Gasteiger partial charge >= 0.3 is 0 Å². The van der Waals surface area contributed by atoms with E-state index < -0.39 is 11.5 Å². The molecule has 0 bridgehead atoms. The van der Waals surface area contributed by atoms with E-state index in [4.69, 9.17) is 9.47 Å². The van der Waals surface area contributed by atoms with Crippen LogP contribution in [-0.2, 0) is 15.1 Å². The van der Waals surface area contributed by atoms with Crippen LogP contribution in [0, 0.1) is 19.8 Å². The van der Waals surface area contributed by atoms with Crippen molar-refractivity contribution in [1.82, 2.24) is 5.32 Å². The molecule has 8 heteroatoms. The molecule has 1 fully saturated rings. The molecule has 1 spiro atoms. The minimum atomic E-state index is -1.11. The van der Waals surface area contributed by atoms with E-state index in [0.717, 1.165) is 34.6 Å². The highest BCUT2D eigenvalue weighted by atomic mass is 32.2. The van der Waals surface area contributed by atoms with Crippen molar-refractivity contribution in [2.75, 3.05) is 36.9 Å². The fraction of sp³-hybridized carbons (Fsp3) is 0.440. The van der Waals surface area contributed by atoms with Crippen molar-refractivity contribution >= 4 is 35.0 Å². The van der Waals surface area contributed by atoms with Gasteiger partial charge < -0.3 is 20.1 Å². The van der Waals surface area contributed by atoms with Crippen molar-refractivity contribution in [3.63, 3.8) is 0 Å². The quantitative estimate of drug-likeness (QED) is 0.571.